The van der Waals surface area contributed by atoms with Crippen molar-refractivity contribution in [3.8, 4) is 11.5 Å². The van der Waals surface area contributed by atoms with Crippen molar-refractivity contribution < 1.29 is 23.0 Å². The second-order valence-electron chi connectivity index (χ2n) is 6.84. The Morgan fingerprint density at radius 1 is 1.21 bits per heavy atom. The molecule has 7 heteroatoms. The molecular weight excluding hydrogens is 366 g/mol. The fourth-order valence-corrected chi connectivity index (χ4v) is 3.45. The average Bonchev–Trinajstić information content (AvgIpc) is 2.68. The van der Waals surface area contributed by atoms with Crippen LogP contribution in [-0.2, 0) is 13.0 Å². The van der Waals surface area contributed by atoms with Gasteiger partial charge in [0.15, 0.2) is 0 Å². The monoisotopic (exact) mass is 390 g/mol. The molecule has 0 aromatic heterocycles. The Labute approximate surface area is 163 Å². The molecule has 1 unspecified atom stereocenters. The third-order valence-electron chi connectivity index (χ3n) is 4.88. The van der Waals surface area contributed by atoms with Crippen molar-refractivity contribution in [3.63, 3.8) is 0 Å². The van der Waals surface area contributed by atoms with Crippen molar-refractivity contribution in [2.24, 2.45) is 0 Å². The number of hydrogen-bond acceptors (Lipinski definition) is 3. The van der Waals surface area contributed by atoms with Crippen molar-refractivity contribution in [1.29, 1.82) is 0 Å². The summed E-state index contributed by atoms with van der Waals surface area (Å²) in [4.78, 5) is 14.2. The highest BCUT2D eigenvalue weighted by atomic mass is 19.3. The summed E-state index contributed by atoms with van der Waals surface area (Å²) < 4.78 is 34.5. The van der Waals surface area contributed by atoms with Crippen molar-refractivity contribution in [3.05, 3.63) is 59.2 Å². The molecule has 28 heavy (non-hydrogen) atoms. The molecule has 1 atom stereocenters. The van der Waals surface area contributed by atoms with Crippen LogP contribution >= 0.6 is 0 Å². The van der Waals surface area contributed by atoms with Gasteiger partial charge in [-0.05, 0) is 60.2 Å². The maximum atomic E-state index is 12.6. The number of nitrogens with zero attached hydrogens (tertiary/aromatic N) is 1. The van der Waals surface area contributed by atoms with Crippen LogP contribution in [0.1, 0.15) is 35.6 Å². The molecule has 3 rings (SSSR count). The predicted octanol–water partition coefficient (Wildman–Crippen LogP) is 4.52. The fraction of sp³-hybridized carbons (Fsp3) is 0.381. The molecule has 0 saturated heterocycles. The normalized spacial score (nSPS) is 15.7. The minimum Gasteiger partial charge on any atom is -0.497 e. The molecule has 5 nitrogen and oxygen atoms in total. The molecule has 1 aliphatic rings. The Balaban J connectivity index is 1.64. The van der Waals surface area contributed by atoms with Crippen LogP contribution in [0.15, 0.2) is 42.5 Å². The van der Waals surface area contributed by atoms with Crippen molar-refractivity contribution in [2.75, 3.05) is 14.2 Å². The zero-order valence-corrected chi connectivity index (χ0v) is 16.0. The molecule has 0 saturated carbocycles. The highest BCUT2D eigenvalue weighted by Gasteiger charge is 2.24. The molecule has 0 fully saturated rings. The summed E-state index contributed by atoms with van der Waals surface area (Å²) in [6, 6.07) is 12.2. The van der Waals surface area contributed by atoms with E-state index in [9.17, 15) is 13.6 Å². The van der Waals surface area contributed by atoms with Crippen LogP contribution in [0.3, 0.4) is 0 Å². The lowest BCUT2D eigenvalue weighted by Gasteiger charge is -2.29. The minimum absolute atomic E-state index is 0.143. The molecule has 0 radical (unpaired) electrons. The molecule has 0 bridgehead atoms. The van der Waals surface area contributed by atoms with E-state index in [1.54, 1.807) is 31.2 Å². The second-order valence-corrected chi connectivity index (χ2v) is 6.84. The number of aryl methyl sites for hydroxylation is 1. The highest BCUT2D eigenvalue weighted by molar-refractivity contribution is 5.74. The van der Waals surface area contributed by atoms with Gasteiger partial charge in [-0.25, -0.2) is 4.79 Å². The van der Waals surface area contributed by atoms with Crippen LogP contribution in [0.2, 0.25) is 0 Å². The van der Waals surface area contributed by atoms with E-state index < -0.39 is 6.61 Å². The standard InChI is InChI=1S/C21H24F2N2O3/c1-25(13-14-6-8-16(27-2)9-7-14)21(26)24-19-5-3-4-15-12-17(28-20(22)23)10-11-18(15)19/h6-12,19-20H,3-5,13H2,1-2H3,(H,24,26). The number of amides is 2. The zero-order chi connectivity index (χ0) is 20.1. The Kier molecular flexibility index (Phi) is 6.34. The number of nitrogens with one attached hydrogen (secondary N) is 1. The second kappa shape index (κ2) is 8.91. The molecule has 2 aromatic carbocycles. The molecule has 2 amide bonds. The van der Waals surface area contributed by atoms with Crippen LogP contribution in [0, 0.1) is 0 Å². The first-order chi connectivity index (χ1) is 13.5. The number of carbonyl (C=O) groups is 1. The fourth-order valence-electron chi connectivity index (χ4n) is 3.45. The predicted molar refractivity (Wildman–Crippen MR) is 102 cm³/mol. The smallest absolute Gasteiger partial charge is 0.387 e. The summed E-state index contributed by atoms with van der Waals surface area (Å²) in [5.74, 6) is 0.919. The van der Waals surface area contributed by atoms with Crippen LogP contribution in [0.25, 0.3) is 0 Å². The number of halogens is 2. The first-order valence-electron chi connectivity index (χ1n) is 9.18. The van der Waals surface area contributed by atoms with Gasteiger partial charge in [-0.1, -0.05) is 18.2 Å². The first-order valence-corrected chi connectivity index (χ1v) is 9.18. The van der Waals surface area contributed by atoms with E-state index in [1.165, 1.54) is 6.07 Å². The molecule has 0 spiro atoms. The Morgan fingerprint density at radius 3 is 2.61 bits per heavy atom. The van der Waals surface area contributed by atoms with E-state index in [0.717, 1.165) is 41.7 Å². The van der Waals surface area contributed by atoms with Gasteiger partial charge < -0.3 is 19.7 Å². The average molecular weight is 390 g/mol. The van der Waals surface area contributed by atoms with Crippen LogP contribution < -0.4 is 14.8 Å². The maximum absolute atomic E-state index is 12.6. The number of carbonyl (C=O) groups excluding carboxylic acids is 1. The number of hydrogen-bond donors (Lipinski definition) is 1. The van der Waals surface area contributed by atoms with Gasteiger partial charge in [-0.2, -0.15) is 8.78 Å². The molecular formula is C21H24F2N2O3. The van der Waals surface area contributed by atoms with Crippen molar-refractivity contribution >= 4 is 6.03 Å². The number of urea groups is 1. The molecule has 0 aliphatic heterocycles. The first kappa shape index (κ1) is 19.9. The molecule has 0 heterocycles. The van der Waals surface area contributed by atoms with E-state index in [-0.39, 0.29) is 17.8 Å². The summed E-state index contributed by atoms with van der Waals surface area (Å²) in [6.45, 7) is -2.37. The highest BCUT2D eigenvalue weighted by Crippen LogP contribution is 2.32. The Bertz CT molecular complexity index is 812. The summed E-state index contributed by atoms with van der Waals surface area (Å²) in [5.41, 5.74) is 2.89. The lowest BCUT2D eigenvalue weighted by Crippen LogP contribution is -2.40. The molecule has 1 aliphatic carbocycles. The number of methoxy groups -OCH3 is 1. The summed E-state index contributed by atoms with van der Waals surface area (Å²) >= 11 is 0. The lowest BCUT2D eigenvalue weighted by molar-refractivity contribution is -0.0499. The molecule has 1 N–H and O–H groups in total. The van der Waals surface area contributed by atoms with Crippen molar-refractivity contribution in [1.82, 2.24) is 10.2 Å². The van der Waals surface area contributed by atoms with Crippen LogP contribution in [0.5, 0.6) is 11.5 Å². The SMILES string of the molecule is COc1ccc(CN(C)C(=O)NC2CCCc3cc(OC(F)F)ccc32)cc1. The zero-order valence-electron chi connectivity index (χ0n) is 16.0. The van der Waals surface area contributed by atoms with Gasteiger partial charge in [0.2, 0.25) is 0 Å². The van der Waals surface area contributed by atoms with Gasteiger partial charge in [0, 0.05) is 13.6 Å². The Morgan fingerprint density at radius 2 is 1.93 bits per heavy atom. The van der Waals surface area contributed by atoms with E-state index in [1.807, 2.05) is 24.3 Å². The maximum Gasteiger partial charge on any atom is 0.387 e. The number of ether oxygens (including phenoxy) is 2. The van der Waals surface area contributed by atoms with E-state index >= 15 is 0 Å². The number of alkyl halides is 2. The minimum atomic E-state index is -2.84. The van der Waals surface area contributed by atoms with Crippen LogP contribution in [0.4, 0.5) is 13.6 Å². The summed E-state index contributed by atoms with van der Waals surface area (Å²) in [7, 11) is 3.35. The summed E-state index contributed by atoms with van der Waals surface area (Å²) in [5, 5.41) is 3.05. The van der Waals surface area contributed by atoms with E-state index in [4.69, 9.17) is 4.74 Å². The van der Waals surface area contributed by atoms with Crippen molar-refractivity contribution in [2.45, 2.75) is 38.5 Å². The number of benzene rings is 2. The summed E-state index contributed by atoms with van der Waals surface area (Å²) in [6.07, 6.45) is 2.46. The Hall–Kier alpha value is -2.83. The van der Waals surface area contributed by atoms with E-state index in [0.29, 0.717) is 6.54 Å². The third kappa shape index (κ3) is 4.91. The quantitative estimate of drug-likeness (QED) is 0.789. The largest absolute Gasteiger partial charge is 0.497 e. The van der Waals surface area contributed by atoms with Gasteiger partial charge >= 0.3 is 12.6 Å². The lowest BCUT2D eigenvalue weighted by atomic mass is 9.87. The van der Waals surface area contributed by atoms with Crippen LogP contribution in [-0.4, -0.2) is 31.7 Å². The number of rotatable bonds is 6. The van der Waals surface area contributed by atoms with Gasteiger partial charge in [-0.3, -0.25) is 0 Å². The molecule has 150 valence electrons. The van der Waals surface area contributed by atoms with Gasteiger partial charge in [-0.15, -0.1) is 0 Å². The number of fused-ring (bicyclic) bond motifs is 1. The van der Waals surface area contributed by atoms with Gasteiger partial charge in [0.05, 0.1) is 13.2 Å². The van der Waals surface area contributed by atoms with Gasteiger partial charge in [0.1, 0.15) is 11.5 Å². The third-order valence-corrected chi connectivity index (χ3v) is 4.88. The van der Waals surface area contributed by atoms with Gasteiger partial charge in [0.25, 0.3) is 0 Å². The molecule has 2 aromatic rings. The van der Waals surface area contributed by atoms with E-state index in [2.05, 4.69) is 10.1 Å². The topological polar surface area (TPSA) is 50.8 Å².